The molecule has 0 radical (unpaired) electrons. The number of carbonyl (C=O) groups excluding carboxylic acids is 1. The summed E-state index contributed by atoms with van der Waals surface area (Å²) in [5.74, 6) is 0.999. The van der Waals surface area contributed by atoms with Crippen LogP contribution in [0.5, 0.6) is 0 Å². The third-order valence-electron chi connectivity index (χ3n) is 5.54. The summed E-state index contributed by atoms with van der Waals surface area (Å²) in [6.07, 6.45) is 8.02. The van der Waals surface area contributed by atoms with E-state index in [1.165, 1.54) is 19.3 Å². The topological polar surface area (TPSA) is 63.3 Å². The van der Waals surface area contributed by atoms with E-state index in [4.69, 9.17) is 5.73 Å². The number of rotatable bonds is 3. The maximum atomic E-state index is 11.4. The number of carbonyl (C=O) groups is 1. The first-order valence-electron chi connectivity index (χ1n) is 7.49. The van der Waals surface area contributed by atoms with E-state index < -0.39 is 5.60 Å². The maximum Gasteiger partial charge on any atom is 0.133 e. The highest BCUT2D eigenvalue weighted by atomic mass is 16.3. The van der Waals surface area contributed by atoms with Gasteiger partial charge in [0.2, 0.25) is 0 Å². The molecule has 2 aliphatic rings. The summed E-state index contributed by atoms with van der Waals surface area (Å²) in [5.41, 5.74) is 5.24. The van der Waals surface area contributed by atoms with Crippen LogP contribution in [0.15, 0.2) is 0 Å². The average molecular weight is 253 g/mol. The second-order valence-corrected chi connectivity index (χ2v) is 6.43. The molecule has 0 aliphatic heterocycles. The van der Waals surface area contributed by atoms with Crippen molar-refractivity contribution in [2.24, 2.45) is 17.1 Å². The molecule has 2 fully saturated rings. The molecular formula is C15H27NO2. The molecule has 2 unspecified atom stereocenters. The van der Waals surface area contributed by atoms with Crippen molar-refractivity contribution in [1.82, 2.24) is 0 Å². The van der Waals surface area contributed by atoms with Gasteiger partial charge in [0.25, 0.3) is 0 Å². The van der Waals surface area contributed by atoms with Gasteiger partial charge in [-0.1, -0.05) is 26.2 Å². The molecule has 3 N–H and O–H groups in total. The quantitative estimate of drug-likeness (QED) is 0.812. The fraction of sp³-hybridized carbons (Fsp3) is 0.933. The zero-order chi connectivity index (χ0) is 13.2. The van der Waals surface area contributed by atoms with Crippen molar-refractivity contribution in [1.29, 1.82) is 0 Å². The van der Waals surface area contributed by atoms with E-state index in [-0.39, 0.29) is 5.41 Å². The molecule has 104 valence electrons. The smallest absolute Gasteiger partial charge is 0.133 e. The van der Waals surface area contributed by atoms with Gasteiger partial charge in [0.1, 0.15) is 5.78 Å². The first-order valence-corrected chi connectivity index (χ1v) is 7.49. The standard InChI is InChI=1S/C15H27NO2/c1-2-12-4-3-7-14(10-12,11-16)15(18)8-5-13(17)6-9-15/h12,18H,2-11,16H2,1H3. The first kappa shape index (κ1) is 14.0. The average Bonchev–Trinajstić information content (AvgIpc) is 2.42. The van der Waals surface area contributed by atoms with Gasteiger partial charge in [-0.3, -0.25) is 4.79 Å². The summed E-state index contributed by atoms with van der Waals surface area (Å²) in [7, 11) is 0. The molecular weight excluding hydrogens is 226 g/mol. The fourth-order valence-corrected chi connectivity index (χ4v) is 4.11. The van der Waals surface area contributed by atoms with Gasteiger partial charge in [0.05, 0.1) is 5.60 Å². The molecule has 18 heavy (non-hydrogen) atoms. The van der Waals surface area contributed by atoms with Gasteiger partial charge in [-0.15, -0.1) is 0 Å². The first-order chi connectivity index (χ1) is 8.55. The largest absolute Gasteiger partial charge is 0.389 e. The van der Waals surface area contributed by atoms with E-state index in [2.05, 4.69) is 6.92 Å². The number of aliphatic hydroxyl groups is 1. The van der Waals surface area contributed by atoms with E-state index in [0.717, 1.165) is 12.8 Å². The van der Waals surface area contributed by atoms with E-state index >= 15 is 0 Å². The van der Waals surface area contributed by atoms with Gasteiger partial charge < -0.3 is 10.8 Å². The molecule has 3 heteroatoms. The summed E-state index contributed by atoms with van der Waals surface area (Å²) in [5, 5.41) is 11.0. The molecule has 0 heterocycles. The Kier molecular flexibility index (Phi) is 4.12. The molecule has 0 aromatic rings. The minimum absolute atomic E-state index is 0.132. The van der Waals surface area contributed by atoms with Gasteiger partial charge in [-0.05, 0) is 31.6 Å². The Labute approximate surface area is 110 Å². The van der Waals surface area contributed by atoms with Crippen LogP contribution in [0.4, 0.5) is 0 Å². The number of Topliss-reactive ketones (excluding diaryl/α,β-unsaturated/α-hetero) is 1. The zero-order valence-electron chi connectivity index (χ0n) is 11.6. The normalized spacial score (nSPS) is 36.6. The highest BCUT2D eigenvalue weighted by molar-refractivity contribution is 5.79. The minimum Gasteiger partial charge on any atom is -0.389 e. The number of nitrogens with two attached hydrogens (primary N) is 1. The lowest BCUT2D eigenvalue weighted by Crippen LogP contribution is -2.56. The SMILES string of the molecule is CCC1CCCC(CN)(C2(O)CCC(=O)CC2)C1. The third kappa shape index (κ3) is 2.35. The molecule has 0 aromatic carbocycles. The van der Waals surface area contributed by atoms with Gasteiger partial charge >= 0.3 is 0 Å². The van der Waals surface area contributed by atoms with Crippen LogP contribution in [0, 0.1) is 11.3 Å². The molecule has 0 bridgehead atoms. The van der Waals surface area contributed by atoms with Crippen molar-refractivity contribution < 1.29 is 9.90 Å². The highest BCUT2D eigenvalue weighted by Crippen LogP contribution is 2.51. The van der Waals surface area contributed by atoms with Crippen LogP contribution in [0.3, 0.4) is 0 Å². The Morgan fingerprint density at radius 2 is 2.00 bits per heavy atom. The van der Waals surface area contributed by atoms with Crippen molar-refractivity contribution >= 4 is 5.78 Å². The molecule has 2 saturated carbocycles. The fourth-order valence-electron chi connectivity index (χ4n) is 4.11. The second kappa shape index (κ2) is 5.30. The van der Waals surface area contributed by atoms with E-state index in [1.807, 2.05) is 0 Å². The van der Waals surface area contributed by atoms with Crippen molar-refractivity contribution in [2.45, 2.75) is 70.3 Å². The van der Waals surface area contributed by atoms with Crippen molar-refractivity contribution in [3.05, 3.63) is 0 Å². The lowest BCUT2D eigenvalue weighted by Gasteiger charge is -2.52. The lowest BCUT2D eigenvalue weighted by molar-refractivity contribution is -0.146. The molecule has 0 amide bonds. The molecule has 0 spiro atoms. The monoisotopic (exact) mass is 253 g/mol. The van der Waals surface area contributed by atoms with Crippen LogP contribution in [0.2, 0.25) is 0 Å². The van der Waals surface area contributed by atoms with E-state index in [1.54, 1.807) is 0 Å². The summed E-state index contributed by atoms with van der Waals surface area (Å²) >= 11 is 0. The molecule has 0 saturated heterocycles. The summed E-state index contributed by atoms with van der Waals surface area (Å²) in [6.45, 7) is 2.79. The lowest BCUT2D eigenvalue weighted by atomic mass is 9.56. The maximum absolute atomic E-state index is 11.4. The van der Waals surface area contributed by atoms with Crippen LogP contribution in [0.1, 0.15) is 64.7 Å². The minimum atomic E-state index is -0.691. The number of ketones is 1. The zero-order valence-corrected chi connectivity index (χ0v) is 11.6. The van der Waals surface area contributed by atoms with E-state index in [0.29, 0.717) is 43.9 Å². The van der Waals surface area contributed by atoms with Crippen LogP contribution in [0.25, 0.3) is 0 Å². The summed E-state index contributed by atoms with van der Waals surface area (Å²) in [4.78, 5) is 11.4. The molecule has 2 rings (SSSR count). The summed E-state index contributed by atoms with van der Waals surface area (Å²) < 4.78 is 0. The molecule has 3 nitrogen and oxygen atoms in total. The predicted octanol–water partition coefficient (Wildman–Crippen LogP) is 2.41. The van der Waals surface area contributed by atoms with Gasteiger partial charge in [-0.2, -0.15) is 0 Å². The third-order valence-corrected chi connectivity index (χ3v) is 5.54. The van der Waals surface area contributed by atoms with Crippen LogP contribution < -0.4 is 5.73 Å². The van der Waals surface area contributed by atoms with Crippen molar-refractivity contribution in [3.8, 4) is 0 Å². The summed E-state index contributed by atoms with van der Waals surface area (Å²) in [6, 6.07) is 0. The molecule has 0 aromatic heterocycles. The Bertz CT molecular complexity index is 306. The van der Waals surface area contributed by atoms with Gasteiger partial charge in [0, 0.05) is 24.8 Å². The molecule has 2 aliphatic carbocycles. The number of hydrogen-bond donors (Lipinski definition) is 2. The van der Waals surface area contributed by atoms with Crippen LogP contribution >= 0.6 is 0 Å². The van der Waals surface area contributed by atoms with Crippen molar-refractivity contribution in [2.75, 3.05) is 6.54 Å². The second-order valence-electron chi connectivity index (χ2n) is 6.43. The van der Waals surface area contributed by atoms with Gasteiger partial charge in [0.15, 0.2) is 0 Å². The Morgan fingerprint density at radius 3 is 2.56 bits per heavy atom. The van der Waals surface area contributed by atoms with E-state index in [9.17, 15) is 9.90 Å². The molecule has 2 atom stereocenters. The number of hydrogen-bond acceptors (Lipinski definition) is 3. The van der Waals surface area contributed by atoms with Gasteiger partial charge in [-0.25, -0.2) is 0 Å². The van der Waals surface area contributed by atoms with Crippen LogP contribution in [-0.4, -0.2) is 23.0 Å². The Morgan fingerprint density at radius 1 is 1.33 bits per heavy atom. The van der Waals surface area contributed by atoms with Crippen molar-refractivity contribution in [3.63, 3.8) is 0 Å². The Balaban J connectivity index is 2.17. The van der Waals surface area contributed by atoms with Crippen LogP contribution in [-0.2, 0) is 4.79 Å². The Hall–Kier alpha value is -0.410. The highest BCUT2D eigenvalue weighted by Gasteiger charge is 2.52. The predicted molar refractivity (Wildman–Crippen MR) is 72.2 cm³/mol.